The van der Waals surface area contributed by atoms with Crippen molar-refractivity contribution in [1.82, 2.24) is 20.0 Å². The molecule has 3 saturated heterocycles. The maximum Gasteiger partial charge on any atom is 0.256 e. The van der Waals surface area contributed by atoms with Crippen LogP contribution in [0.15, 0.2) is 11.8 Å². The molecule has 4 heterocycles. The number of aliphatic hydroxyl groups excluding tert-OH is 1. The van der Waals surface area contributed by atoms with E-state index in [1.165, 1.54) is 25.7 Å². The van der Waals surface area contributed by atoms with Crippen LogP contribution in [0.25, 0.3) is 0 Å². The van der Waals surface area contributed by atoms with E-state index in [0.29, 0.717) is 18.7 Å². The number of ether oxygens (including phenoxy) is 1. The van der Waals surface area contributed by atoms with Crippen molar-refractivity contribution < 1.29 is 19.4 Å². The summed E-state index contributed by atoms with van der Waals surface area (Å²) in [4.78, 5) is 33.9. The van der Waals surface area contributed by atoms with E-state index in [1.807, 2.05) is 6.20 Å². The molecule has 0 aromatic carbocycles. The number of morpholine rings is 1. The molecule has 0 aromatic rings. The van der Waals surface area contributed by atoms with Gasteiger partial charge in [0.1, 0.15) is 0 Å². The third-order valence-electron chi connectivity index (χ3n) is 9.33. The number of aliphatic hydroxyl groups is 1. The molecule has 8 nitrogen and oxygen atoms in total. The second-order valence-electron chi connectivity index (χ2n) is 11.3. The van der Waals surface area contributed by atoms with E-state index >= 15 is 0 Å². The van der Waals surface area contributed by atoms with E-state index < -0.39 is 0 Å². The number of β-amino-alcohol motifs (C(OH)–C–C–N with tert-alkyl or cyclic N) is 1. The van der Waals surface area contributed by atoms with E-state index in [-0.39, 0.29) is 54.0 Å². The van der Waals surface area contributed by atoms with Crippen molar-refractivity contribution in [2.75, 3.05) is 39.3 Å². The summed E-state index contributed by atoms with van der Waals surface area (Å²) in [5.74, 6) is -0.383. The van der Waals surface area contributed by atoms with Gasteiger partial charge in [-0.2, -0.15) is 0 Å². The van der Waals surface area contributed by atoms with Gasteiger partial charge in [0.15, 0.2) is 5.78 Å². The zero-order valence-corrected chi connectivity index (χ0v) is 20.2. The Morgan fingerprint density at radius 2 is 1.85 bits per heavy atom. The van der Waals surface area contributed by atoms with Crippen molar-refractivity contribution in [3.63, 3.8) is 0 Å². The predicted molar refractivity (Wildman–Crippen MR) is 127 cm³/mol. The molecule has 188 valence electrons. The molecule has 7 atom stereocenters. The number of nitrogens with zero attached hydrogens (tertiary/aromatic N) is 3. The smallest absolute Gasteiger partial charge is 0.256 e. The fourth-order valence-electron chi connectivity index (χ4n) is 7.63. The number of likely N-dealkylation sites (tertiary alicyclic amines) is 2. The Bertz CT molecular complexity index is 828. The van der Waals surface area contributed by atoms with E-state index in [4.69, 9.17) is 4.74 Å². The fourth-order valence-corrected chi connectivity index (χ4v) is 7.63. The van der Waals surface area contributed by atoms with Crippen LogP contribution in [0.5, 0.6) is 0 Å². The highest BCUT2D eigenvalue weighted by Crippen LogP contribution is 2.46. The van der Waals surface area contributed by atoms with Gasteiger partial charge in [-0.3, -0.25) is 14.5 Å². The first-order valence-corrected chi connectivity index (χ1v) is 13.7. The number of ketones is 1. The number of amides is 1. The average Bonchev–Trinajstić information content (AvgIpc) is 3.52. The molecule has 4 aliphatic heterocycles. The fraction of sp³-hybridized carbons (Fsp3) is 0.846. The van der Waals surface area contributed by atoms with Crippen LogP contribution in [0.3, 0.4) is 0 Å². The molecule has 0 bridgehead atoms. The Kier molecular flexibility index (Phi) is 6.43. The van der Waals surface area contributed by atoms with Crippen LogP contribution in [0.2, 0.25) is 0 Å². The standard InChI is InChI=1S/C26H40N4O4/c31-17-9-13-29(15-17)21-8-7-18-23-25(21)34-22-6-2-1-5-20(22)30(23)16-19(24(18)32)26(33)27-10-14-28-11-3-4-12-28/h16-18,20-23,25,31H,1-15H2,(H,27,33). The summed E-state index contributed by atoms with van der Waals surface area (Å²) < 4.78 is 6.80. The SMILES string of the molecule is O=C(NCCN1CCCC1)C1=CN2C3CCCCC3OC3C(N4CCC(O)C4)CCC(C1=O)C32. The van der Waals surface area contributed by atoms with E-state index in [1.54, 1.807) is 0 Å². The van der Waals surface area contributed by atoms with Crippen LogP contribution >= 0.6 is 0 Å². The van der Waals surface area contributed by atoms with E-state index in [9.17, 15) is 14.7 Å². The highest BCUT2D eigenvalue weighted by atomic mass is 16.5. The molecular weight excluding hydrogens is 432 g/mol. The Balaban J connectivity index is 1.24. The Hall–Kier alpha value is -1.48. The van der Waals surface area contributed by atoms with E-state index in [0.717, 1.165) is 58.3 Å². The van der Waals surface area contributed by atoms with Crippen LogP contribution in [0, 0.1) is 5.92 Å². The first-order valence-electron chi connectivity index (χ1n) is 13.7. The lowest BCUT2D eigenvalue weighted by Gasteiger charge is -2.59. The lowest BCUT2D eigenvalue weighted by atomic mass is 9.70. The van der Waals surface area contributed by atoms with Crippen molar-refractivity contribution >= 4 is 11.7 Å². The minimum atomic E-state index is -0.261. The van der Waals surface area contributed by atoms with Gasteiger partial charge in [0.25, 0.3) is 5.91 Å². The second-order valence-corrected chi connectivity index (χ2v) is 11.3. The largest absolute Gasteiger partial charge is 0.392 e. The van der Waals surface area contributed by atoms with Gasteiger partial charge in [-0.1, -0.05) is 12.8 Å². The summed E-state index contributed by atoms with van der Waals surface area (Å²) in [5, 5.41) is 13.2. The highest BCUT2D eigenvalue weighted by molar-refractivity contribution is 6.20. The Labute approximate surface area is 202 Å². The van der Waals surface area contributed by atoms with Gasteiger partial charge in [-0.05, 0) is 58.0 Å². The molecule has 2 N–H and O–H groups in total. The van der Waals surface area contributed by atoms with Crippen LogP contribution in [-0.2, 0) is 14.3 Å². The maximum atomic E-state index is 13.6. The first-order chi connectivity index (χ1) is 16.6. The zero-order valence-electron chi connectivity index (χ0n) is 20.2. The monoisotopic (exact) mass is 472 g/mol. The third-order valence-corrected chi connectivity index (χ3v) is 9.33. The summed E-state index contributed by atoms with van der Waals surface area (Å²) in [6.45, 7) is 5.25. The molecule has 6 rings (SSSR count). The van der Waals surface area contributed by atoms with Crippen LogP contribution in [-0.4, -0.2) is 107 Å². The molecule has 1 amide bonds. The molecule has 0 radical (unpaired) electrons. The van der Waals surface area contributed by atoms with Gasteiger partial charge in [0.2, 0.25) is 0 Å². The second kappa shape index (κ2) is 9.52. The van der Waals surface area contributed by atoms with Crippen molar-refractivity contribution in [3.05, 3.63) is 11.8 Å². The minimum absolute atomic E-state index is 0.00249. The number of rotatable bonds is 5. The normalized spacial score (nSPS) is 40.6. The minimum Gasteiger partial charge on any atom is -0.392 e. The predicted octanol–water partition coefficient (Wildman–Crippen LogP) is 0.891. The molecular formula is C26H40N4O4. The van der Waals surface area contributed by atoms with E-state index in [2.05, 4.69) is 20.0 Å². The first kappa shape index (κ1) is 23.0. The molecule has 7 unspecified atom stereocenters. The maximum absolute atomic E-state index is 13.6. The number of nitrogens with one attached hydrogen (secondary N) is 1. The summed E-state index contributed by atoms with van der Waals surface area (Å²) in [5.41, 5.74) is 0.350. The summed E-state index contributed by atoms with van der Waals surface area (Å²) in [6.07, 6.45) is 11.2. The van der Waals surface area contributed by atoms with Crippen molar-refractivity contribution in [2.45, 2.75) is 94.2 Å². The highest BCUT2D eigenvalue weighted by Gasteiger charge is 2.56. The zero-order chi connectivity index (χ0) is 23.2. The third kappa shape index (κ3) is 4.10. The van der Waals surface area contributed by atoms with Crippen LogP contribution in [0.4, 0.5) is 0 Å². The Morgan fingerprint density at radius 3 is 2.65 bits per heavy atom. The number of fused-ring (bicyclic) bond motifs is 2. The molecule has 2 saturated carbocycles. The van der Waals surface area contributed by atoms with Gasteiger partial charge >= 0.3 is 0 Å². The van der Waals surface area contributed by atoms with Gasteiger partial charge in [0, 0.05) is 44.3 Å². The Morgan fingerprint density at radius 1 is 1.03 bits per heavy atom. The van der Waals surface area contributed by atoms with Gasteiger partial charge in [-0.15, -0.1) is 0 Å². The number of carbonyl (C=O) groups is 2. The summed E-state index contributed by atoms with van der Waals surface area (Å²) >= 11 is 0. The van der Waals surface area contributed by atoms with Crippen molar-refractivity contribution in [1.29, 1.82) is 0 Å². The number of carbonyl (C=O) groups excluding carboxylic acids is 2. The van der Waals surface area contributed by atoms with Crippen LogP contribution in [0.1, 0.15) is 57.8 Å². The molecule has 6 aliphatic rings. The summed E-state index contributed by atoms with van der Waals surface area (Å²) in [7, 11) is 0. The van der Waals surface area contributed by atoms with Gasteiger partial charge < -0.3 is 25.0 Å². The van der Waals surface area contributed by atoms with Crippen molar-refractivity contribution in [3.8, 4) is 0 Å². The topological polar surface area (TPSA) is 85.3 Å². The van der Waals surface area contributed by atoms with Crippen LogP contribution < -0.4 is 5.32 Å². The molecule has 2 aliphatic carbocycles. The average molecular weight is 473 g/mol. The number of Topliss-reactive ketones (excluding diaryl/α,β-unsaturated/α-hetero) is 1. The molecule has 0 aromatic heterocycles. The molecule has 34 heavy (non-hydrogen) atoms. The van der Waals surface area contributed by atoms with Gasteiger partial charge in [-0.25, -0.2) is 0 Å². The summed E-state index contributed by atoms with van der Waals surface area (Å²) in [6, 6.07) is 0.492. The number of hydrogen-bond acceptors (Lipinski definition) is 7. The van der Waals surface area contributed by atoms with Crippen molar-refractivity contribution in [2.24, 2.45) is 5.92 Å². The van der Waals surface area contributed by atoms with Gasteiger partial charge in [0.05, 0.1) is 36.0 Å². The lowest BCUT2D eigenvalue weighted by Crippen LogP contribution is -2.70. The molecule has 0 spiro atoms. The lowest BCUT2D eigenvalue weighted by molar-refractivity contribution is -0.199. The molecule has 8 heteroatoms. The quantitative estimate of drug-likeness (QED) is 0.575. The number of hydrogen-bond donors (Lipinski definition) is 2. The molecule has 5 fully saturated rings.